The van der Waals surface area contributed by atoms with Gasteiger partial charge in [0.25, 0.3) is 0 Å². The summed E-state index contributed by atoms with van der Waals surface area (Å²) in [6.07, 6.45) is 2.43. The van der Waals surface area contributed by atoms with E-state index in [0.29, 0.717) is 17.8 Å². The Bertz CT molecular complexity index is 480. The van der Waals surface area contributed by atoms with Crippen LogP contribution in [-0.2, 0) is 4.79 Å². The van der Waals surface area contributed by atoms with Crippen LogP contribution in [0.15, 0.2) is 29.4 Å². The van der Waals surface area contributed by atoms with E-state index >= 15 is 0 Å². The lowest BCUT2D eigenvalue weighted by atomic mass is 9.75. The maximum Gasteiger partial charge on any atom is 0.517 e. The fraction of sp³-hybridized carbons (Fsp3) is 0.533. The third-order valence-electron chi connectivity index (χ3n) is 3.37. The summed E-state index contributed by atoms with van der Waals surface area (Å²) >= 11 is 0. The van der Waals surface area contributed by atoms with E-state index < -0.39 is 7.05 Å². The van der Waals surface area contributed by atoms with Crippen molar-refractivity contribution in [2.24, 2.45) is 11.0 Å². The molecule has 0 radical (unpaired) electrons. The quantitative estimate of drug-likeness (QED) is 0.568. The van der Waals surface area contributed by atoms with E-state index in [0.717, 1.165) is 18.4 Å². The lowest BCUT2D eigenvalue weighted by Gasteiger charge is -2.15. The summed E-state index contributed by atoms with van der Waals surface area (Å²) in [4.78, 5) is 22.2. The number of hydrogen-bond acceptors (Lipinski definition) is 4. The van der Waals surface area contributed by atoms with Crippen LogP contribution >= 0.6 is 0 Å². The van der Waals surface area contributed by atoms with Crippen LogP contribution in [0, 0.1) is 10.8 Å². The Morgan fingerprint density at radius 3 is 2.71 bits per heavy atom. The lowest BCUT2D eigenvalue weighted by Crippen LogP contribution is -2.30. The van der Waals surface area contributed by atoms with Crippen LogP contribution in [0.4, 0.5) is 0 Å². The zero-order valence-electron chi connectivity index (χ0n) is 12.9. The molecule has 0 bridgehead atoms. The Hall–Kier alpha value is -1.69. The van der Waals surface area contributed by atoms with Gasteiger partial charge in [-0.05, 0) is 30.3 Å². The van der Waals surface area contributed by atoms with Crippen LogP contribution in [0.25, 0.3) is 0 Å². The van der Waals surface area contributed by atoms with Crippen LogP contribution in [-0.4, -0.2) is 18.0 Å². The summed E-state index contributed by atoms with van der Waals surface area (Å²) in [5.41, 5.74) is 1.27. The largest absolute Gasteiger partial charge is 0.517 e. The second-order valence-corrected chi connectivity index (χ2v) is 5.72. The van der Waals surface area contributed by atoms with Crippen molar-refractivity contribution < 1.29 is 9.82 Å². The number of carbonyl (C=O) groups is 1. The number of nitroso groups, excluding NO2 is 1. The van der Waals surface area contributed by atoms with Crippen molar-refractivity contribution in [1.29, 1.82) is 0 Å². The summed E-state index contributed by atoms with van der Waals surface area (Å²) in [6, 6.07) is 6.73. The molecule has 1 aromatic carbocycles. The maximum atomic E-state index is 11.9. The maximum absolute atomic E-state index is 11.9. The molecule has 21 heavy (non-hydrogen) atoms. The van der Waals surface area contributed by atoms with E-state index in [-0.39, 0.29) is 11.9 Å². The number of nitrogens with one attached hydrogen (secondary N) is 1. The highest BCUT2D eigenvalue weighted by atomic mass is 16.3. The molecule has 0 aromatic heterocycles. The van der Waals surface area contributed by atoms with Gasteiger partial charge in [0.2, 0.25) is 5.91 Å². The minimum atomic E-state index is -1.36. The van der Waals surface area contributed by atoms with E-state index in [4.69, 9.17) is 0 Å². The molecule has 1 amide bonds. The molecule has 0 spiro atoms. The van der Waals surface area contributed by atoms with Crippen molar-refractivity contribution in [3.05, 3.63) is 34.7 Å². The third-order valence-corrected chi connectivity index (χ3v) is 3.37. The van der Waals surface area contributed by atoms with Crippen molar-refractivity contribution in [1.82, 2.24) is 5.32 Å². The van der Waals surface area contributed by atoms with Gasteiger partial charge in [0.05, 0.1) is 6.04 Å². The predicted octanol–water partition coefficient (Wildman–Crippen LogP) is 2.14. The Kier molecular flexibility index (Phi) is 7.09. The molecule has 0 heterocycles. The Morgan fingerprint density at radius 2 is 2.10 bits per heavy atom. The van der Waals surface area contributed by atoms with E-state index in [1.807, 2.05) is 13.0 Å². The first-order valence-electron chi connectivity index (χ1n) is 7.33. The van der Waals surface area contributed by atoms with Gasteiger partial charge in [0, 0.05) is 6.42 Å². The van der Waals surface area contributed by atoms with Crippen molar-refractivity contribution in [3.8, 4) is 0 Å². The molecule has 0 saturated carbocycles. The van der Waals surface area contributed by atoms with E-state index in [1.165, 1.54) is 0 Å². The summed E-state index contributed by atoms with van der Waals surface area (Å²) in [7, 11) is -1.36. The molecule has 6 heteroatoms. The molecule has 0 fully saturated rings. The number of hydrogen-bond donors (Lipinski definition) is 2. The highest BCUT2D eigenvalue weighted by Crippen LogP contribution is 2.12. The Morgan fingerprint density at radius 1 is 1.38 bits per heavy atom. The molecule has 1 aromatic rings. The average molecular weight is 290 g/mol. The zero-order chi connectivity index (χ0) is 15.8. The molecule has 0 aliphatic rings. The SMILES string of the molecule is CC(C)CCCC(=O)NC(C)c1cccc(B(O)N=O)c1. The molecule has 0 saturated heterocycles. The molecule has 0 aliphatic carbocycles. The normalized spacial score (nSPS) is 12.0. The van der Waals surface area contributed by atoms with Gasteiger partial charge in [-0.1, -0.05) is 49.6 Å². The van der Waals surface area contributed by atoms with E-state index in [2.05, 4.69) is 24.3 Å². The van der Waals surface area contributed by atoms with Gasteiger partial charge in [-0.25, -0.2) is 0 Å². The monoisotopic (exact) mass is 290 g/mol. The van der Waals surface area contributed by atoms with Crippen LogP contribution in [0.5, 0.6) is 0 Å². The van der Waals surface area contributed by atoms with Gasteiger partial charge in [0.1, 0.15) is 0 Å². The van der Waals surface area contributed by atoms with Crippen LogP contribution in [0.1, 0.15) is 51.6 Å². The molecule has 2 N–H and O–H groups in total. The zero-order valence-corrected chi connectivity index (χ0v) is 12.9. The highest BCUT2D eigenvalue weighted by molar-refractivity contribution is 6.64. The molecule has 1 rings (SSSR count). The summed E-state index contributed by atoms with van der Waals surface area (Å²) in [5, 5.41) is 14.9. The van der Waals surface area contributed by atoms with Crippen LogP contribution in [0.3, 0.4) is 0 Å². The van der Waals surface area contributed by atoms with Gasteiger partial charge < -0.3 is 10.3 Å². The first-order chi connectivity index (χ1) is 9.93. The highest BCUT2D eigenvalue weighted by Gasteiger charge is 2.17. The van der Waals surface area contributed by atoms with Gasteiger partial charge in [-0.2, -0.15) is 4.91 Å². The molecular weight excluding hydrogens is 267 g/mol. The fourth-order valence-corrected chi connectivity index (χ4v) is 2.12. The topological polar surface area (TPSA) is 78.8 Å². The Labute approximate surface area is 126 Å². The standard InChI is InChI=1S/C15H23BN2O3/c1-11(2)6-4-9-15(19)17-12(3)13-7-5-8-14(10-13)16(20)18-21/h5,7-8,10-12,20H,4,6,9H2,1-3H3,(H,17,19). The van der Waals surface area contributed by atoms with Gasteiger partial charge in [-0.15, -0.1) is 0 Å². The van der Waals surface area contributed by atoms with E-state index in [1.54, 1.807) is 18.2 Å². The minimum Gasteiger partial charge on any atom is -0.425 e. The smallest absolute Gasteiger partial charge is 0.425 e. The Balaban J connectivity index is 2.56. The van der Waals surface area contributed by atoms with Crippen molar-refractivity contribution in [2.45, 2.75) is 46.1 Å². The second-order valence-electron chi connectivity index (χ2n) is 5.72. The number of benzene rings is 1. The van der Waals surface area contributed by atoms with E-state index in [9.17, 15) is 14.7 Å². The van der Waals surface area contributed by atoms with Crippen molar-refractivity contribution >= 4 is 18.4 Å². The van der Waals surface area contributed by atoms with Gasteiger partial charge >= 0.3 is 7.05 Å². The van der Waals surface area contributed by atoms with Crippen LogP contribution in [0.2, 0.25) is 0 Å². The van der Waals surface area contributed by atoms with Crippen LogP contribution < -0.4 is 10.8 Å². The molecule has 114 valence electrons. The number of amides is 1. The number of rotatable bonds is 8. The fourth-order valence-electron chi connectivity index (χ4n) is 2.12. The number of carbonyl (C=O) groups excluding carboxylic acids is 1. The average Bonchev–Trinajstić information content (AvgIpc) is 2.46. The second kappa shape index (κ2) is 8.57. The molecule has 1 atom stereocenters. The molecule has 1 unspecified atom stereocenters. The van der Waals surface area contributed by atoms with Gasteiger partial charge in [0.15, 0.2) is 0 Å². The lowest BCUT2D eigenvalue weighted by molar-refractivity contribution is -0.121. The minimum absolute atomic E-state index is 0.0163. The first-order valence-corrected chi connectivity index (χ1v) is 7.33. The molecule has 5 nitrogen and oxygen atoms in total. The summed E-state index contributed by atoms with van der Waals surface area (Å²) in [6.45, 7) is 6.15. The molecule has 0 aliphatic heterocycles. The van der Waals surface area contributed by atoms with Crippen molar-refractivity contribution in [2.75, 3.05) is 0 Å². The number of nitrogens with zero attached hydrogens (tertiary/aromatic N) is 1. The first kappa shape index (κ1) is 17.4. The van der Waals surface area contributed by atoms with Crippen molar-refractivity contribution in [3.63, 3.8) is 0 Å². The predicted molar refractivity (Wildman–Crippen MR) is 85.1 cm³/mol. The van der Waals surface area contributed by atoms with Gasteiger partial charge in [-0.3, -0.25) is 4.79 Å². The third kappa shape index (κ3) is 6.08. The molecular formula is C15H23BN2O3. The summed E-state index contributed by atoms with van der Waals surface area (Å²) in [5.74, 6) is 0.617. The summed E-state index contributed by atoms with van der Waals surface area (Å²) < 4.78 is 0.